The number of aliphatic hydroxyl groups is 1. The molecule has 7 nitrogen and oxygen atoms in total. The standard InChI is InChI=1S/C13H23N3O4/c1-11(18)15-2-4-16(5-3-15)13(19)9-14-6-7-20-12(8-14)10-17/h12,17H,2-10H2,1H3. The number of morpholine rings is 1. The van der Waals surface area contributed by atoms with E-state index in [1.807, 2.05) is 9.80 Å². The van der Waals surface area contributed by atoms with Gasteiger partial charge in [0, 0.05) is 46.2 Å². The molecule has 0 radical (unpaired) electrons. The Bertz CT molecular complexity index is 356. The molecule has 114 valence electrons. The third kappa shape index (κ3) is 3.91. The van der Waals surface area contributed by atoms with Crippen molar-refractivity contribution in [2.24, 2.45) is 0 Å². The maximum absolute atomic E-state index is 12.2. The lowest BCUT2D eigenvalue weighted by Gasteiger charge is -2.37. The largest absolute Gasteiger partial charge is 0.394 e. The number of piperazine rings is 1. The lowest BCUT2D eigenvalue weighted by Crippen LogP contribution is -2.54. The second-order valence-electron chi connectivity index (χ2n) is 5.30. The van der Waals surface area contributed by atoms with Gasteiger partial charge in [-0.15, -0.1) is 0 Å². The van der Waals surface area contributed by atoms with E-state index < -0.39 is 0 Å². The number of nitrogens with zero attached hydrogens (tertiary/aromatic N) is 3. The minimum Gasteiger partial charge on any atom is -0.394 e. The highest BCUT2D eigenvalue weighted by molar-refractivity contribution is 5.79. The Morgan fingerprint density at radius 2 is 1.80 bits per heavy atom. The highest BCUT2D eigenvalue weighted by Gasteiger charge is 2.26. The lowest BCUT2D eigenvalue weighted by molar-refractivity contribution is -0.140. The van der Waals surface area contributed by atoms with Gasteiger partial charge in [-0.25, -0.2) is 0 Å². The van der Waals surface area contributed by atoms with Gasteiger partial charge in [0.15, 0.2) is 0 Å². The molecule has 2 aliphatic heterocycles. The van der Waals surface area contributed by atoms with Gasteiger partial charge < -0.3 is 19.6 Å². The molecule has 1 atom stereocenters. The first-order chi connectivity index (χ1) is 9.60. The van der Waals surface area contributed by atoms with Crippen LogP contribution in [-0.2, 0) is 14.3 Å². The molecule has 0 aromatic carbocycles. The third-order valence-corrected chi connectivity index (χ3v) is 3.86. The van der Waals surface area contributed by atoms with Crippen molar-refractivity contribution in [1.82, 2.24) is 14.7 Å². The summed E-state index contributed by atoms with van der Waals surface area (Å²) in [7, 11) is 0. The molecule has 0 bridgehead atoms. The van der Waals surface area contributed by atoms with E-state index >= 15 is 0 Å². The maximum atomic E-state index is 12.2. The van der Waals surface area contributed by atoms with E-state index in [0.717, 1.165) is 6.54 Å². The van der Waals surface area contributed by atoms with E-state index in [1.165, 1.54) is 0 Å². The summed E-state index contributed by atoms with van der Waals surface area (Å²) in [5, 5.41) is 9.09. The van der Waals surface area contributed by atoms with E-state index in [0.29, 0.717) is 45.9 Å². The van der Waals surface area contributed by atoms with Crippen LogP contribution in [0.5, 0.6) is 0 Å². The van der Waals surface area contributed by atoms with Gasteiger partial charge in [-0.2, -0.15) is 0 Å². The quantitative estimate of drug-likeness (QED) is 0.674. The predicted octanol–water partition coefficient (Wildman–Crippen LogP) is -1.63. The van der Waals surface area contributed by atoms with Crippen LogP contribution in [0.1, 0.15) is 6.92 Å². The average molecular weight is 285 g/mol. The molecule has 2 heterocycles. The Morgan fingerprint density at radius 1 is 1.15 bits per heavy atom. The molecule has 1 unspecified atom stereocenters. The van der Waals surface area contributed by atoms with Crippen molar-refractivity contribution in [2.45, 2.75) is 13.0 Å². The van der Waals surface area contributed by atoms with Crippen LogP contribution in [0.4, 0.5) is 0 Å². The van der Waals surface area contributed by atoms with Gasteiger partial charge in [-0.1, -0.05) is 0 Å². The fourth-order valence-electron chi connectivity index (χ4n) is 2.60. The molecule has 2 aliphatic rings. The molecular weight excluding hydrogens is 262 g/mol. The molecule has 7 heteroatoms. The van der Waals surface area contributed by atoms with Crippen LogP contribution in [0, 0.1) is 0 Å². The Hall–Kier alpha value is -1.18. The average Bonchev–Trinajstić information content (AvgIpc) is 2.47. The van der Waals surface area contributed by atoms with Crippen LogP contribution >= 0.6 is 0 Å². The van der Waals surface area contributed by atoms with Gasteiger partial charge in [0.25, 0.3) is 0 Å². The van der Waals surface area contributed by atoms with E-state index in [2.05, 4.69) is 0 Å². The normalized spacial score (nSPS) is 24.8. The highest BCUT2D eigenvalue weighted by atomic mass is 16.5. The lowest BCUT2D eigenvalue weighted by atomic mass is 10.2. The van der Waals surface area contributed by atoms with Crippen LogP contribution in [0.2, 0.25) is 0 Å². The van der Waals surface area contributed by atoms with Crippen LogP contribution in [0.3, 0.4) is 0 Å². The SMILES string of the molecule is CC(=O)N1CCN(C(=O)CN2CCOC(CO)C2)CC1. The summed E-state index contributed by atoms with van der Waals surface area (Å²) in [5.74, 6) is 0.155. The van der Waals surface area contributed by atoms with Crippen molar-refractivity contribution >= 4 is 11.8 Å². The Balaban J connectivity index is 1.76. The van der Waals surface area contributed by atoms with Gasteiger partial charge in [0.2, 0.25) is 11.8 Å². The first-order valence-electron chi connectivity index (χ1n) is 7.08. The fraction of sp³-hybridized carbons (Fsp3) is 0.846. The molecule has 2 fully saturated rings. The van der Waals surface area contributed by atoms with Crippen LogP contribution < -0.4 is 0 Å². The summed E-state index contributed by atoms with van der Waals surface area (Å²) < 4.78 is 5.36. The molecule has 0 aromatic heterocycles. The van der Waals surface area contributed by atoms with Crippen molar-refractivity contribution in [3.63, 3.8) is 0 Å². The molecule has 2 rings (SSSR count). The van der Waals surface area contributed by atoms with Gasteiger partial charge in [0.05, 0.1) is 25.9 Å². The smallest absolute Gasteiger partial charge is 0.236 e. The van der Waals surface area contributed by atoms with Crippen molar-refractivity contribution in [2.75, 3.05) is 59.0 Å². The summed E-state index contributed by atoms with van der Waals surface area (Å²) in [6, 6.07) is 0. The molecule has 20 heavy (non-hydrogen) atoms. The molecule has 0 aromatic rings. The Labute approximate surface area is 119 Å². The monoisotopic (exact) mass is 285 g/mol. The Morgan fingerprint density at radius 3 is 2.40 bits per heavy atom. The maximum Gasteiger partial charge on any atom is 0.236 e. The topological polar surface area (TPSA) is 73.3 Å². The van der Waals surface area contributed by atoms with Crippen LogP contribution in [0.15, 0.2) is 0 Å². The summed E-state index contributed by atoms with van der Waals surface area (Å²) in [6.07, 6.45) is -0.189. The van der Waals surface area contributed by atoms with E-state index in [-0.39, 0.29) is 24.5 Å². The van der Waals surface area contributed by atoms with Crippen molar-refractivity contribution in [1.29, 1.82) is 0 Å². The minimum absolute atomic E-state index is 0.0119. The summed E-state index contributed by atoms with van der Waals surface area (Å²) in [5.41, 5.74) is 0. The number of rotatable bonds is 3. The highest BCUT2D eigenvalue weighted by Crippen LogP contribution is 2.07. The number of amides is 2. The molecular formula is C13H23N3O4. The van der Waals surface area contributed by atoms with Gasteiger partial charge >= 0.3 is 0 Å². The first kappa shape index (κ1) is 15.2. The summed E-state index contributed by atoms with van der Waals surface area (Å²) in [6.45, 7) is 6.20. The number of carbonyl (C=O) groups is 2. The molecule has 0 spiro atoms. The number of hydrogen-bond donors (Lipinski definition) is 1. The third-order valence-electron chi connectivity index (χ3n) is 3.86. The molecule has 1 N–H and O–H groups in total. The van der Waals surface area contributed by atoms with Gasteiger partial charge in [-0.3, -0.25) is 14.5 Å². The predicted molar refractivity (Wildman–Crippen MR) is 72.1 cm³/mol. The zero-order chi connectivity index (χ0) is 14.5. The zero-order valence-electron chi connectivity index (χ0n) is 12.0. The van der Waals surface area contributed by atoms with Crippen molar-refractivity contribution < 1.29 is 19.4 Å². The second kappa shape index (κ2) is 7.01. The summed E-state index contributed by atoms with van der Waals surface area (Å²) in [4.78, 5) is 29.0. The van der Waals surface area contributed by atoms with Crippen molar-refractivity contribution in [3.05, 3.63) is 0 Å². The van der Waals surface area contributed by atoms with E-state index in [9.17, 15) is 9.59 Å². The number of aliphatic hydroxyl groups excluding tert-OH is 1. The minimum atomic E-state index is -0.189. The number of hydrogen-bond acceptors (Lipinski definition) is 5. The molecule has 0 saturated carbocycles. The second-order valence-corrected chi connectivity index (χ2v) is 5.30. The fourth-order valence-corrected chi connectivity index (χ4v) is 2.60. The molecule has 2 saturated heterocycles. The van der Waals surface area contributed by atoms with Crippen LogP contribution in [-0.4, -0.2) is 96.8 Å². The molecule has 0 aliphatic carbocycles. The summed E-state index contributed by atoms with van der Waals surface area (Å²) >= 11 is 0. The van der Waals surface area contributed by atoms with Gasteiger partial charge in [0.1, 0.15) is 0 Å². The molecule has 2 amide bonds. The number of carbonyl (C=O) groups excluding carboxylic acids is 2. The van der Waals surface area contributed by atoms with E-state index in [4.69, 9.17) is 9.84 Å². The Kier molecular flexibility index (Phi) is 5.33. The zero-order valence-corrected chi connectivity index (χ0v) is 12.0. The van der Waals surface area contributed by atoms with Gasteiger partial charge in [-0.05, 0) is 0 Å². The number of ether oxygens (including phenoxy) is 1. The first-order valence-corrected chi connectivity index (χ1v) is 7.08. The van der Waals surface area contributed by atoms with E-state index in [1.54, 1.807) is 11.8 Å². The van der Waals surface area contributed by atoms with Crippen molar-refractivity contribution in [3.8, 4) is 0 Å². The van der Waals surface area contributed by atoms with Crippen LogP contribution in [0.25, 0.3) is 0 Å².